The lowest BCUT2D eigenvalue weighted by atomic mass is 9.98. The summed E-state index contributed by atoms with van der Waals surface area (Å²) in [5, 5.41) is 11.1. The first-order chi connectivity index (χ1) is 13.2. The molecule has 3 nitrogen and oxygen atoms in total. The highest BCUT2D eigenvalue weighted by atomic mass is 35.5. The highest BCUT2D eigenvalue weighted by Crippen LogP contribution is 2.40. The molecular formula is C19H9Cl6NO2. The third-order valence-corrected chi connectivity index (χ3v) is 5.90. The molecule has 0 spiro atoms. The molecule has 0 aliphatic rings. The Kier molecular flexibility index (Phi) is 6.65. The second-order valence-electron chi connectivity index (χ2n) is 5.80. The van der Waals surface area contributed by atoms with Crippen molar-refractivity contribution in [1.82, 2.24) is 4.98 Å². The van der Waals surface area contributed by atoms with E-state index in [9.17, 15) is 9.90 Å². The van der Waals surface area contributed by atoms with E-state index in [1.54, 1.807) is 18.2 Å². The van der Waals surface area contributed by atoms with Gasteiger partial charge in [0.2, 0.25) is 0 Å². The highest BCUT2D eigenvalue weighted by molar-refractivity contribution is 6.45. The number of pyridine rings is 1. The fourth-order valence-electron chi connectivity index (χ4n) is 2.69. The second-order valence-corrected chi connectivity index (χ2v) is 8.24. The molecule has 0 saturated carbocycles. The lowest BCUT2D eigenvalue weighted by Crippen LogP contribution is -2.04. The minimum Gasteiger partial charge on any atom is -0.481 e. The normalized spacial score (nSPS) is 10.9. The van der Waals surface area contributed by atoms with E-state index in [1.165, 1.54) is 18.3 Å². The summed E-state index contributed by atoms with van der Waals surface area (Å²) in [6.45, 7) is 0. The van der Waals surface area contributed by atoms with Gasteiger partial charge in [-0.2, -0.15) is 0 Å². The lowest BCUT2D eigenvalue weighted by Gasteiger charge is -2.14. The van der Waals surface area contributed by atoms with Crippen molar-refractivity contribution in [2.75, 3.05) is 0 Å². The van der Waals surface area contributed by atoms with Crippen LogP contribution in [-0.2, 0) is 11.2 Å². The zero-order valence-electron chi connectivity index (χ0n) is 13.7. The number of carbonyl (C=O) groups is 1. The molecule has 28 heavy (non-hydrogen) atoms. The first-order valence-corrected chi connectivity index (χ1v) is 9.94. The largest absolute Gasteiger partial charge is 0.481 e. The van der Waals surface area contributed by atoms with Crippen LogP contribution in [0, 0.1) is 0 Å². The second kappa shape index (κ2) is 8.66. The van der Waals surface area contributed by atoms with Crippen molar-refractivity contribution < 1.29 is 9.90 Å². The van der Waals surface area contributed by atoms with Gasteiger partial charge in [-0.25, -0.2) is 0 Å². The molecule has 2 aromatic carbocycles. The Balaban J connectivity index is 2.24. The van der Waals surface area contributed by atoms with Gasteiger partial charge in [0.25, 0.3) is 0 Å². The van der Waals surface area contributed by atoms with Crippen molar-refractivity contribution >= 4 is 75.6 Å². The van der Waals surface area contributed by atoms with E-state index in [2.05, 4.69) is 4.98 Å². The lowest BCUT2D eigenvalue weighted by molar-refractivity contribution is -0.136. The van der Waals surface area contributed by atoms with E-state index in [-0.39, 0.29) is 26.5 Å². The molecule has 144 valence electrons. The van der Waals surface area contributed by atoms with E-state index in [4.69, 9.17) is 69.6 Å². The van der Waals surface area contributed by atoms with E-state index >= 15 is 0 Å². The fourth-order valence-corrected chi connectivity index (χ4v) is 4.10. The first-order valence-electron chi connectivity index (χ1n) is 7.68. The molecule has 0 aliphatic carbocycles. The van der Waals surface area contributed by atoms with E-state index in [1.807, 2.05) is 0 Å². The van der Waals surface area contributed by atoms with Crippen LogP contribution < -0.4 is 0 Å². The van der Waals surface area contributed by atoms with E-state index in [0.29, 0.717) is 38.0 Å². The summed E-state index contributed by atoms with van der Waals surface area (Å²) >= 11 is 36.9. The smallest absolute Gasteiger partial charge is 0.307 e. The van der Waals surface area contributed by atoms with Gasteiger partial charge in [0.15, 0.2) is 0 Å². The molecule has 0 saturated heterocycles. The Morgan fingerprint density at radius 1 is 0.821 bits per heavy atom. The van der Waals surface area contributed by atoms with Crippen LogP contribution in [0.25, 0.3) is 22.4 Å². The monoisotopic (exact) mass is 493 g/mol. The van der Waals surface area contributed by atoms with Crippen molar-refractivity contribution in [1.29, 1.82) is 0 Å². The molecule has 3 aromatic rings. The third-order valence-electron chi connectivity index (χ3n) is 3.86. The first kappa shape index (κ1) is 21.5. The maximum absolute atomic E-state index is 11.4. The Morgan fingerprint density at radius 2 is 1.36 bits per heavy atom. The molecule has 1 aromatic heterocycles. The van der Waals surface area contributed by atoms with Crippen LogP contribution in [0.3, 0.4) is 0 Å². The minimum absolute atomic E-state index is 0.224. The van der Waals surface area contributed by atoms with Crippen molar-refractivity contribution in [3.8, 4) is 22.4 Å². The summed E-state index contributed by atoms with van der Waals surface area (Å²) in [6, 6.07) is 7.86. The molecule has 1 N–H and O–H groups in total. The number of carboxylic acids is 1. The number of carboxylic acid groups (broad SMARTS) is 1. The Hall–Kier alpha value is -1.20. The predicted molar refractivity (Wildman–Crippen MR) is 117 cm³/mol. The van der Waals surface area contributed by atoms with Gasteiger partial charge < -0.3 is 5.11 Å². The summed E-state index contributed by atoms with van der Waals surface area (Å²) in [5.74, 6) is -1.04. The number of aliphatic carboxylic acids is 1. The van der Waals surface area contributed by atoms with Crippen LogP contribution in [0.5, 0.6) is 0 Å². The van der Waals surface area contributed by atoms with Gasteiger partial charge in [0.05, 0.1) is 32.2 Å². The standard InChI is InChI=1S/C19H9Cl6NO2/c20-10-3-12(17(24)14(22)5-10)9-1-8(2-16(27)28)19(26-7-9)13-4-11(21)6-15(23)18(13)25/h1,3-7H,2H2,(H,27,28). The summed E-state index contributed by atoms with van der Waals surface area (Å²) in [6.07, 6.45) is 1.22. The van der Waals surface area contributed by atoms with Gasteiger partial charge in [0, 0.05) is 32.9 Å². The fraction of sp³-hybridized carbons (Fsp3) is 0.0526. The number of halogens is 6. The van der Waals surface area contributed by atoms with Gasteiger partial charge in [-0.05, 0) is 35.9 Å². The third kappa shape index (κ3) is 4.51. The molecule has 9 heteroatoms. The number of hydrogen-bond acceptors (Lipinski definition) is 2. The summed E-state index contributed by atoms with van der Waals surface area (Å²) in [7, 11) is 0. The highest BCUT2D eigenvalue weighted by Gasteiger charge is 2.18. The molecule has 0 bridgehead atoms. The maximum Gasteiger partial charge on any atom is 0.307 e. The number of rotatable bonds is 4. The minimum atomic E-state index is -1.04. The molecule has 0 unspecified atom stereocenters. The SMILES string of the molecule is O=C(O)Cc1cc(-c2cc(Cl)cc(Cl)c2Cl)cnc1-c1cc(Cl)cc(Cl)c1Cl. The molecule has 0 aliphatic heterocycles. The molecule has 1 heterocycles. The Labute approximate surface area is 190 Å². The van der Waals surface area contributed by atoms with E-state index in [0.717, 1.165) is 0 Å². The number of aromatic nitrogens is 1. The van der Waals surface area contributed by atoms with Crippen molar-refractivity contribution in [2.45, 2.75) is 6.42 Å². The molecule has 0 amide bonds. The quantitative estimate of drug-likeness (QED) is 0.373. The zero-order valence-corrected chi connectivity index (χ0v) is 18.3. The summed E-state index contributed by atoms with van der Waals surface area (Å²) < 4.78 is 0. The molecule has 0 radical (unpaired) electrons. The van der Waals surface area contributed by atoms with Gasteiger partial charge in [-0.3, -0.25) is 9.78 Å². The van der Waals surface area contributed by atoms with Crippen LogP contribution in [0.4, 0.5) is 0 Å². The van der Waals surface area contributed by atoms with Crippen molar-refractivity contribution in [3.63, 3.8) is 0 Å². The van der Waals surface area contributed by atoms with Crippen molar-refractivity contribution in [3.05, 3.63) is 72.2 Å². The maximum atomic E-state index is 11.4. The topological polar surface area (TPSA) is 50.2 Å². The number of hydrogen-bond donors (Lipinski definition) is 1. The number of benzene rings is 2. The van der Waals surface area contributed by atoms with Gasteiger partial charge >= 0.3 is 5.97 Å². The van der Waals surface area contributed by atoms with Crippen LogP contribution >= 0.6 is 69.6 Å². The van der Waals surface area contributed by atoms with Crippen molar-refractivity contribution in [2.24, 2.45) is 0 Å². The zero-order chi connectivity index (χ0) is 20.6. The molecule has 3 rings (SSSR count). The van der Waals surface area contributed by atoms with Gasteiger partial charge in [-0.1, -0.05) is 69.6 Å². The van der Waals surface area contributed by atoms with Crippen LogP contribution in [0.2, 0.25) is 30.1 Å². The van der Waals surface area contributed by atoms with Crippen LogP contribution in [0.15, 0.2) is 36.5 Å². The average Bonchev–Trinajstić information content (AvgIpc) is 2.61. The summed E-state index contributed by atoms with van der Waals surface area (Å²) in [5.41, 5.74) is 2.26. The average molecular weight is 496 g/mol. The Bertz CT molecular complexity index is 1100. The molecule has 0 fully saturated rings. The number of nitrogens with zero attached hydrogens (tertiary/aromatic N) is 1. The van der Waals surface area contributed by atoms with Crippen LogP contribution in [-0.4, -0.2) is 16.1 Å². The van der Waals surface area contributed by atoms with Crippen LogP contribution in [0.1, 0.15) is 5.56 Å². The molecular weight excluding hydrogens is 487 g/mol. The van der Waals surface area contributed by atoms with E-state index < -0.39 is 5.97 Å². The van der Waals surface area contributed by atoms with Gasteiger partial charge in [0.1, 0.15) is 0 Å². The molecule has 0 atom stereocenters. The summed E-state index contributed by atoms with van der Waals surface area (Å²) in [4.78, 5) is 15.8. The predicted octanol–water partition coefficient (Wildman–Crippen LogP) is 7.96. The van der Waals surface area contributed by atoms with Gasteiger partial charge in [-0.15, -0.1) is 0 Å². The Morgan fingerprint density at radius 3 is 1.93 bits per heavy atom.